The van der Waals surface area contributed by atoms with Gasteiger partial charge in [0.2, 0.25) is 0 Å². The van der Waals surface area contributed by atoms with Crippen LogP contribution in [-0.2, 0) is 0 Å². The van der Waals surface area contributed by atoms with Crippen molar-refractivity contribution in [1.29, 1.82) is 0 Å². The summed E-state index contributed by atoms with van der Waals surface area (Å²) in [4.78, 5) is 18.0. The first-order valence-electron chi connectivity index (χ1n) is 11.5. The minimum Gasteiger partial charge on any atom is -0.358 e. The molecular formula is C27H22FN7S. The van der Waals surface area contributed by atoms with Gasteiger partial charge in [0.1, 0.15) is 5.69 Å². The van der Waals surface area contributed by atoms with E-state index in [1.165, 1.54) is 6.07 Å². The molecule has 1 aromatic carbocycles. The Morgan fingerprint density at radius 1 is 1.08 bits per heavy atom. The Kier molecular flexibility index (Phi) is 5.34. The highest BCUT2D eigenvalue weighted by Gasteiger charge is 2.17. The summed E-state index contributed by atoms with van der Waals surface area (Å²) >= 11 is 1.10. The number of allylic oxidation sites excluding steroid dienone is 1. The third-order valence-electron chi connectivity index (χ3n) is 6.06. The minimum atomic E-state index is -0.224. The van der Waals surface area contributed by atoms with Crippen molar-refractivity contribution in [3.63, 3.8) is 0 Å². The summed E-state index contributed by atoms with van der Waals surface area (Å²) < 4.78 is 13.7. The Morgan fingerprint density at radius 2 is 1.97 bits per heavy atom. The van der Waals surface area contributed by atoms with Crippen molar-refractivity contribution in [1.82, 2.24) is 30.1 Å². The number of thiophene rings is 1. The maximum absolute atomic E-state index is 13.7. The van der Waals surface area contributed by atoms with Crippen LogP contribution >= 0.6 is 11.3 Å². The quantitative estimate of drug-likeness (QED) is 0.231. The molecule has 6 rings (SSSR count). The number of halogens is 1. The van der Waals surface area contributed by atoms with Crippen molar-refractivity contribution in [2.24, 2.45) is 5.92 Å². The lowest BCUT2D eigenvalue weighted by Crippen LogP contribution is -2.04. The lowest BCUT2D eigenvalue weighted by molar-refractivity contribution is 0.657. The maximum atomic E-state index is 13.7. The van der Waals surface area contributed by atoms with Crippen molar-refractivity contribution in [3.8, 4) is 33.2 Å². The summed E-state index contributed by atoms with van der Waals surface area (Å²) in [5.74, 6) is 0.930. The fourth-order valence-corrected chi connectivity index (χ4v) is 4.79. The molecule has 0 aliphatic heterocycles. The van der Waals surface area contributed by atoms with Gasteiger partial charge in [0.25, 0.3) is 0 Å². The number of aromatic amines is 2. The van der Waals surface area contributed by atoms with Gasteiger partial charge in [-0.15, -0.1) is 11.3 Å². The first kappa shape index (κ1) is 22.1. The molecule has 0 atom stereocenters. The molecule has 0 radical (unpaired) electrons. The van der Waals surface area contributed by atoms with E-state index in [1.54, 1.807) is 24.7 Å². The molecule has 0 fully saturated rings. The zero-order chi connectivity index (χ0) is 24.8. The normalized spacial score (nSPS) is 11.6. The number of rotatable bonds is 6. The van der Waals surface area contributed by atoms with Crippen LogP contribution in [0, 0.1) is 11.0 Å². The number of hydrogen-bond donors (Lipinski definition) is 3. The molecule has 0 saturated carbocycles. The van der Waals surface area contributed by atoms with Gasteiger partial charge in [0, 0.05) is 33.3 Å². The van der Waals surface area contributed by atoms with Crippen molar-refractivity contribution < 1.29 is 4.39 Å². The average Bonchev–Trinajstić information content (AvgIpc) is 3.61. The fourth-order valence-electron chi connectivity index (χ4n) is 4.04. The number of nitrogens with one attached hydrogen (secondary N) is 3. The summed E-state index contributed by atoms with van der Waals surface area (Å²) in [5, 5.41) is 11.5. The summed E-state index contributed by atoms with van der Waals surface area (Å²) in [6.07, 6.45) is 5.31. The lowest BCUT2D eigenvalue weighted by Gasteiger charge is -2.13. The average molecular weight is 496 g/mol. The molecule has 0 bridgehead atoms. The van der Waals surface area contributed by atoms with Gasteiger partial charge in [0.05, 0.1) is 40.3 Å². The van der Waals surface area contributed by atoms with E-state index in [9.17, 15) is 4.39 Å². The lowest BCUT2D eigenvalue weighted by atomic mass is 10.1. The molecular weight excluding hydrogens is 473 g/mol. The van der Waals surface area contributed by atoms with Crippen LogP contribution < -0.4 is 5.32 Å². The highest BCUT2D eigenvalue weighted by molar-refractivity contribution is 7.14. The second-order valence-corrected chi connectivity index (χ2v) is 9.88. The summed E-state index contributed by atoms with van der Waals surface area (Å²) in [6.45, 7) is 8.25. The van der Waals surface area contributed by atoms with Gasteiger partial charge >= 0.3 is 0 Å². The smallest absolute Gasteiger partial charge is 0.176 e. The van der Waals surface area contributed by atoms with Gasteiger partial charge in [-0.2, -0.15) is 9.49 Å². The second kappa shape index (κ2) is 8.69. The Bertz CT molecular complexity index is 1740. The van der Waals surface area contributed by atoms with E-state index in [4.69, 9.17) is 4.98 Å². The predicted octanol–water partition coefficient (Wildman–Crippen LogP) is 7.01. The largest absolute Gasteiger partial charge is 0.358 e. The Morgan fingerprint density at radius 3 is 2.78 bits per heavy atom. The van der Waals surface area contributed by atoms with Gasteiger partial charge < -0.3 is 10.3 Å². The standard InChI is InChI=1S/C27H22FN7S/c1-14(2)15(3)31-17-9-16(11-29-12-17)21-10-19-22(13-30-21)34-35-26(19)27-32-20-6-4-5-18(25(20)33-27)23-7-8-24(28)36-23/h4-14,31H,3H2,1-2H3,(H,32,33)(H,34,35). The minimum absolute atomic E-state index is 0.224. The molecule has 3 N–H and O–H groups in total. The van der Waals surface area contributed by atoms with Crippen LogP contribution in [0.2, 0.25) is 0 Å². The zero-order valence-electron chi connectivity index (χ0n) is 19.6. The molecule has 0 aliphatic rings. The van der Waals surface area contributed by atoms with E-state index in [-0.39, 0.29) is 5.13 Å². The number of pyridine rings is 2. The topological polar surface area (TPSA) is 95.2 Å². The van der Waals surface area contributed by atoms with Crippen LogP contribution in [0.4, 0.5) is 10.1 Å². The number of anilines is 1. The molecule has 0 saturated heterocycles. The molecule has 5 aromatic heterocycles. The van der Waals surface area contributed by atoms with E-state index < -0.39 is 0 Å². The number of nitrogens with zero attached hydrogens (tertiary/aromatic N) is 4. The van der Waals surface area contributed by atoms with Crippen LogP contribution in [-0.4, -0.2) is 30.1 Å². The SMILES string of the molecule is C=C(Nc1cncc(-c2cc3c(-c4nc5c(-c6ccc(F)s6)cccc5[nH]4)n[nH]c3cn2)c1)C(C)C. The summed E-state index contributed by atoms with van der Waals surface area (Å²) in [5.41, 5.74) is 7.40. The van der Waals surface area contributed by atoms with Crippen LogP contribution in [0.15, 0.2) is 73.3 Å². The summed E-state index contributed by atoms with van der Waals surface area (Å²) in [6, 6.07) is 13.1. The van der Waals surface area contributed by atoms with Crippen molar-refractivity contribution in [3.05, 3.63) is 78.5 Å². The van der Waals surface area contributed by atoms with Gasteiger partial charge in [-0.3, -0.25) is 15.1 Å². The Balaban J connectivity index is 1.41. The van der Waals surface area contributed by atoms with E-state index in [0.29, 0.717) is 17.4 Å². The molecule has 6 aromatic rings. The number of hydrogen-bond acceptors (Lipinski definition) is 6. The van der Waals surface area contributed by atoms with E-state index in [2.05, 4.69) is 50.9 Å². The number of H-pyrrole nitrogens is 2. The van der Waals surface area contributed by atoms with Crippen LogP contribution in [0.5, 0.6) is 0 Å². The molecule has 0 aliphatic carbocycles. The van der Waals surface area contributed by atoms with Gasteiger partial charge in [0.15, 0.2) is 11.0 Å². The van der Waals surface area contributed by atoms with Crippen molar-refractivity contribution in [2.75, 3.05) is 5.32 Å². The molecule has 0 spiro atoms. The van der Waals surface area contributed by atoms with Gasteiger partial charge in [-0.05, 0) is 36.2 Å². The number of imidazole rings is 1. The molecule has 7 nitrogen and oxygen atoms in total. The van der Waals surface area contributed by atoms with Gasteiger partial charge in [-0.25, -0.2) is 4.98 Å². The van der Waals surface area contributed by atoms with E-state index in [0.717, 1.165) is 66.4 Å². The molecule has 5 heterocycles. The third kappa shape index (κ3) is 3.93. The predicted molar refractivity (Wildman–Crippen MR) is 143 cm³/mol. The molecule has 0 amide bonds. The van der Waals surface area contributed by atoms with Gasteiger partial charge in [-0.1, -0.05) is 32.6 Å². The van der Waals surface area contributed by atoms with Crippen molar-refractivity contribution >= 4 is 39.0 Å². The number of benzene rings is 1. The first-order chi connectivity index (χ1) is 17.5. The van der Waals surface area contributed by atoms with Crippen molar-refractivity contribution in [2.45, 2.75) is 13.8 Å². The maximum Gasteiger partial charge on any atom is 0.176 e. The number of para-hydroxylation sites is 1. The van der Waals surface area contributed by atoms with E-state index >= 15 is 0 Å². The molecule has 9 heteroatoms. The van der Waals surface area contributed by atoms with Crippen LogP contribution in [0.25, 0.3) is 55.2 Å². The monoisotopic (exact) mass is 495 g/mol. The summed E-state index contributed by atoms with van der Waals surface area (Å²) in [7, 11) is 0. The number of aromatic nitrogens is 6. The fraction of sp³-hybridized carbons (Fsp3) is 0.111. The molecule has 36 heavy (non-hydrogen) atoms. The highest BCUT2D eigenvalue weighted by atomic mass is 32.1. The molecule has 178 valence electrons. The Hall–Kier alpha value is -4.37. The zero-order valence-corrected chi connectivity index (χ0v) is 20.4. The van der Waals surface area contributed by atoms with Crippen LogP contribution in [0.1, 0.15) is 13.8 Å². The van der Waals surface area contributed by atoms with E-state index in [1.807, 2.05) is 30.3 Å². The second-order valence-electron chi connectivity index (χ2n) is 8.85. The molecule has 0 unspecified atom stereocenters. The first-order valence-corrected chi connectivity index (χ1v) is 12.3. The Labute approximate surface area is 210 Å². The highest BCUT2D eigenvalue weighted by Crippen LogP contribution is 2.35. The van der Waals surface area contributed by atoms with Crippen LogP contribution in [0.3, 0.4) is 0 Å². The number of fused-ring (bicyclic) bond motifs is 2. The third-order valence-corrected chi connectivity index (χ3v) is 6.97.